The fourth-order valence-electron chi connectivity index (χ4n) is 1.97. The molecule has 9 heteroatoms. The maximum absolute atomic E-state index is 13.5. The minimum Gasteiger partial charge on any atom is -0.385 e. The van der Waals surface area contributed by atoms with Gasteiger partial charge in [0.15, 0.2) is 0 Å². The summed E-state index contributed by atoms with van der Waals surface area (Å²) in [7, 11) is 0. The zero-order valence-electron chi connectivity index (χ0n) is 13.2. The molecule has 0 aliphatic heterocycles. The Morgan fingerprint density at radius 2 is 2.08 bits per heavy atom. The molecule has 0 spiro atoms. The monoisotopic (exact) mass is 374 g/mol. The molecule has 1 amide bonds. The van der Waals surface area contributed by atoms with E-state index in [0.29, 0.717) is 5.56 Å². The molecule has 2 rings (SSSR count). The van der Waals surface area contributed by atoms with Crippen molar-refractivity contribution in [3.8, 4) is 6.07 Å². The summed E-state index contributed by atoms with van der Waals surface area (Å²) in [6.45, 7) is 0.0721. The van der Waals surface area contributed by atoms with E-state index in [0.717, 1.165) is 12.3 Å². The molecule has 0 radical (unpaired) electrons. The SMILES string of the molecule is N#C/C(=C/NCc1ccccc1F)C(=O)Nc1cc([N+](=O)[O-])ccc1Cl. The fourth-order valence-corrected chi connectivity index (χ4v) is 2.13. The predicted molar refractivity (Wildman–Crippen MR) is 93.7 cm³/mol. The summed E-state index contributed by atoms with van der Waals surface area (Å²) >= 11 is 5.90. The van der Waals surface area contributed by atoms with Crippen molar-refractivity contribution in [1.82, 2.24) is 5.32 Å². The average Bonchev–Trinajstić information content (AvgIpc) is 2.61. The van der Waals surface area contributed by atoms with Crippen LogP contribution in [0.4, 0.5) is 15.8 Å². The molecule has 0 aliphatic carbocycles. The number of rotatable bonds is 6. The number of amides is 1. The zero-order valence-corrected chi connectivity index (χ0v) is 14.0. The van der Waals surface area contributed by atoms with Gasteiger partial charge in [-0.1, -0.05) is 29.8 Å². The topological polar surface area (TPSA) is 108 Å². The number of carbonyl (C=O) groups excluding carboxylic acids is 1. The van der Waals surface area contributed by atoms with Crippen LogP contribution >= 0.6 is 11.6 Å². The number of nitrogens with one attached hydrogen (secondary N) is 2. The van der Waals surface area contributed by atoms with E-state index < -0.39 is 16.6 Å². The maximum Gasteiger partial charge on any atom is 0.271 e. The lowest BCUT2D eigenvalue weighted by Gasteiger charge is -2.07. The van der Waals surface area contributed by atoms with Crippen LogP contribution in [0.2, 0.25) is 5.02 Å². The minimum absolute atomic E-state index is 0.00104. The van der Waals surface area contributed by atoms with Gasteiger partial charge < -0.3 is 10.6 Å². The van der Waals surface area contributed by atoms with Crippen molar-refractivity contribution < 1.29 is 14.1 Å². The normalized spacial score (nSPS) is 10.7. The molecular weight excluding hydrogens is 363 g/mol. The third-order valence-electron chi connectivity index (χ3n) is 3.27. The molecule has 26 heavy (non-hydrogen) atoms. The number of nitro groups is 1. The van der Waals surface area contributed by atoms with Crippen LogP contribution in [-0.4, -0.2) is 10.8 Å². The Kier molecular flexibility index (Phi) is 6.25. The summed E-state index contributed by atoms with van der Waals surface area (Å²) in [4.78, 5) is 22.3. The molecule has 2 aromatic rings. The van der Waals surface area contributed by atoms with E-state index in [1.54, 1.807) is 24.3 Å². The first-order valence-electron chi connectivity index (χ1n) is 7.24. The Bertz CT molecular complexity index is 924. The summed E-state index contributed by atoms with van der Waals surface area (Å²) in [6.07, 6.45) is 1.13. The number of hydrogen-bond acceptors (Lipinski definition) is 5. The van der Waals surface area contributed by atoms with E-state index in [1.807, 2.05) is 0 Å². The Labute approximate surface area is 152 Å². The van der Waals surface area contributed by atoms with Crippen LogP contribution in [0.25, 0.3) is 0 Å². The highest BCUT2D eigenvalue weighted by atomic mass is 35.5. The van der Waals surface area contributed by atoms with E-state index in [9.17, 15) is 19.3 Å². The summed E-state index contributed by atoms with van der Waals surface area (Å²) < 4.78 is 13.5. The van der Waals surface area contributed by atoms with E-state index in [-0.39, 0.29) is 28.5 Å². The Morgan fingerprint density at radius 3 is 2.73 bits per heavy atom. The van der Waals surface area contributed by atoms with Gasteiger partial charge in [0.05, 0.1) is 15.6 Å². The number of non-ortho nitro benzene ring substituents is 1. The van der Waals surface area contributed by atoms with E-state index >= 15 is 0 Å². The molecule has 2 aromatic carbocycles. The van der Waals surface area contributed by atoms with Crippen LogP contribution in [0.3, 0.4) is 0 Å². The minimum atomic E-state index is -0.809. The third kappa shape index (κ3) is 4.78. The number of carbonyl (C=O) groups is 1. The van der Waals surface area contributed by atoms with Crippen LogP contribution < -0.4 is 10.6 Å². The predicted octanol–water partition coefficient (Wildman–Crippen LogP) is 3.52. The summed E-state index contributed by atoms with van der Waals surface area (Å²) in [5.74, 6) is -1.23. The second-order valence-electron chi connectivity index (χ2n) is 5.02. The molecule has 0 saturated heterocycles. The third-order valence-corrected chi connectivity index (χ3v) is 3.60. The van der Waals surface area contributed by atoms with Gasteiger partial charge in [-0.3, -0.25) is 14.9 Å². The van der Waals surface area contributed by atoms with E-state index in [4.69, 9.17) is 16.9 Å². The highest BCUT2D eigenvalue weighted by Crippen LogP contribution is 2.27. The summed E-state index contributed by atoms with van der Waals surface area (Å²) in [6, 6.07) is 11.3. The lowest BCUT2D eigenvalue weighted by atomic mass is 10.2. The van der Waals surface area contributed by atoms with Crippen LogP contribution in [0.15, 0.2) is 54.2 Å². The van der Waals surface area contributed by atoms with Crippen molar-refractivity contribution in [2.45, 2.75) is 6.54 Å². The zero-order chi connectivity index (χ0) is 19.1. The number of halogens is 2. The Balaban J connectivity index is 2.09. The van der Waals surface area contributed by atoms with Gasteiger partial charge in [-0.15, -0.1) is 0 Å². The summed E-state index contributed by atoms with van der Waals surface area (Å²) in [5.41, 5.74) is -0.196. The standard InChI is InChI=1S/C17H12ClFN4O3/c18-14-6-5-13(23(25)26)7-16(14)22-17(24)12(8-20)10-21-9-11-3-1-2-4-15(11)19/h1-7,10,21H,9H2,(H,22,24)/b12-10-. The Morgan fingerprint density at radius 1 is 1.35 bits per heavy atom. The molecule has 0 saturated carbocycles. The van der Waals surface area contributed by atoms with E-state index in [1.165, 1.54) is 18.2 Å². The first kappa shape index (κ1) is 18.9. The van der Waals surface area contributed by atoms with Crippen molar-refractivity contribution in [3.63, 3.8) is 0 Å². The highest BCUT2D eigenvalue weighted by Gasteiger charge is 2.15. The lowest BCUT2D eigenvalue weighted by molar-refractivity contribution is -0.384. The van der Waals surface area contributed by atoms with Gasteiger partial charge in [-0.25, -0.2) is 4.39 Å². The molecule has 0 fully saturated rings. The molecule has 2 N–H and O–H groups in total. The number of nitriles is 1. The Hall–Kier alpha value is -3.44. The lowest BCUT2D eigenvalue weighted by Crippen LogP contribution is -2.17. The number of benzene rings is 2. The fraction of sp³-hybridized carbons (Fsp3) is 0.0588. The quantitative estimate of drug-likeness (QED) is 0.348. The number of anilines is 1. The molecule has 0 atom stereocenters. The number of hydrogen-bond donors (Lipinski definition) is 2. The van der Waals surface area contributed by atoms with E-state index in [2.05, 4.69) is 10.6 Å². The van der Waals surface area contributed by atoms with Gasteiger partial charge in [-0.2, -0.15) is 5.26 Å². The molecule has 0 aliphatic rings. The number of nitro benzene ring substituents is 1. The van der Waals surface area contributed by atoms with Gasteiger partial charge >= 0.3 is 0 Å². The van der Waals surface area contributed by atoms with Gasteiger partial charge in [0.25, 0.3) is 11.6 Å². The summed E-state index contributed by atoms with van der Waals surface area (Å²) in [5, 5.41) is 25.0. The highest BCUT2D eigenvalue weighted by molar-refractivity contribution is 6.34. The largest absolute Gasteiger partial charge is 0.385 e. The second-order valence-corrected chi connectivity index (χ2v) is 5.42. The molecule has 0 bridgehead atoms. The van der Waals surface area contributed by atoms with Crippen LogP contribution in [0, 0.1) is 27.3 Å². The van der Waals surface area contributed by atoms with Crippen LogP contribution in [0.1, 0.15) is 5.56 Å². The first-order chi connectivity index (χ1) is 12.4. The molecular formula is C17H12ClFN4O3. The number of nitrogens with zero attached hydrogens (tertiary/aromatic N) is 2. The first-order valence-corrected chi connectivity index (χ1v) is 7.62. The second kappa shape index (κ2) is 8.60. The van der Waals surface area contributed by atoms with Gasteiger partial charge in [0.2, 0.25) is 0 Å². The maximum atomic E-state index is 13.5. The van der Waals surface area contributed by atoms with Gasteiger partial charge in [-0.05, 0) is 12.1 Å². The molecule has 7 nitrogen and oxygen atoms in total. The molecule has 0 unspecified atom stereocenters. The van der Waals surface area contributed by atoms with Crippen molar-refractivity contribution >= 4 is 28.9 Å². The van der Waals surface area contributed by atoms with Crippen molar-refractivity contribution in [3.05, 3.63) is 80.8 Å². The van der Waals surface area contributed by atoms with Gasteiger partial charge in [0, 0.05) is 30.4 Å². The molecule has 0 heterocycles. The van der Waals surface area contributed by atoms with Crippen molar-refractivity contribution in [2.24, 2.45) is 0 Å². The van der Waals surface area contributed by atoms with Crippen LogP contribution in [-0.2, 0) is 11.3 Å². The molecule has 0 aromatic heterocycles. The van der Waals surface area contributed by atoms with Gasteiger partial charge in [0.1, 0.15) is 17.5 Å². The van der Waals surface area contributed by atoms with Crippen molar-refractivity contribution in [1.29, 1.82) is 5.26 Å². The van der Waals surface area contributed by atoms with Crippen LogP contribution in [0.5, 0.6) is 0 Å². The van der Waals surface area contributed by atoms with Crippen molar-refractivity contribution in [2.75, 3.05) is 5.32 Å². The smallest absolute Gasteiger partial charge is 0.271 e. The molecule has 132 valence electrons. The average molecular weight is 375 g/mol.